The van der Waals surface area contributed by atoms with Crippen LogP contribution in [0.15, 0.2) is 67.1 Å². The molecule has 0 bridgehead atoms. The average molecular weight is 357 g/mol. The van der Waals surface area contributed by atoms with Crippen molar-refractivity contribution < 1.29 is 4.79 Å². The van der Waals surface area contributed by atoms with E-state index in [9.17, 15) is 4.79 Å². The number of aromatic nitrogens is 2. The fraction of sp³-hybridized carbons (Fsp3) is 0.143. The van der Waals surface area contributed by atoms with Crippen molar-refractivity contribution in [1.82, 2.24) is 14.9 Å². The SMILES string of the molecule is CN(CCc1ccncc1)C(=O)c1ccc(Nc2ccccc2C#N)nc1. The van der Waals surface area contributed by atoms with Gasteiger partial charge in [0.2, 0.25) is 0 Å². The molecule has 0 radical (unpaired) electrons. The molecule has 2 heterocycles. The minimum absolute atomic E-state index is 0.0828. The van der Waals surface area contributed by atoms with Gasteiger partial charge in [0, 0.05) is 32.2 Å². The number of likely N-dealkylation sites (N-methyl/N-ethyl adjacent to an activating group) is 1. The molecule has 2 aromatic heterocycles. The molecule has 0 fully saturated rings. The molecular weight excluding hydrogens is 338 g/mol. The third kappa shape index (κ3) is 4.67. The maximum Gasteiger partial charge on any atom is 0.255 e. The Morgan fingerprint density at radius 3 is 2.63 bits per heavy atom. The summed E-state index contributed by atoms with van der Waals surface area (Å²) >= 11 is 0. The van der Waals surface area contributed by atoms with Gasteiger partial charge in [0.1, 0.15) is 11.9 Å². The first-order valence-corrected chi connectivity index (χ1v) is 8.54. The molecule has 6 heteroatoms. The Labute approximate surface area is 158 Å². The van der Waals surface area contributed by atoms with Crippen molar-refractivity contribution in [2.24, 2.45) is 0 Å². The van der Waals surface area contributed by atoms with E-state index in [1.54, 1.807) is 54.8 Å². The minimum atomic E-state index is -0.0828. The van der Waals surface area contributed by atoms with E-state index in [1.165, 1.54) is 0 Å². The predicted molar refractivity (Wildman–Crippen MR) is 104 cm³/mol. The molecule has 0 unspecified atom stereocenters. The molecule has 0 atom stereocenters. The highest BCUT2D eigenvalue weighted by Crippen LogP contribution is 2.19. The van der Waals surface area contributed by atoms with E-state index in [-0.39, 0.29) is 5.91 Å². The van der Waals surface area contributed by atoms with Crippen LogP contribution < -0.4 is 5.32 Å². The topological polar surface area (TPSA) is 81.9 Å². The molecule has 134 valence electrons. The highest BCUT2D eigenvalue weighted by Gasteiger charge is 2.12. The number of hydrogen-bond donors (Lipinski definition) is 1. The number of rotatable bonds is 6. The van der Waals surface area contributed by atoms with Gasteiger partial charge < -0.3 is 10.2 Å². The largest absolute Gasteiger partial charge is 0.341 e. The van der Waals surface area contributed by atoms with Gasteiger partial charge in [0.25, 0.3) is 5.91 Å². The third-order valence-corrected chi connectivity index (χ3v) is 4.15. The van der Waals surface area contributed by atoms with Crippen LogP contribution in [0.5, 0.6) is 0 Å². The molecule has 0 saturated carbocycles. The van der Waals surface area contributed by atoms with Crippen molar-refractivity contribution in [2.75, 3.05) is 18.9 Å². The lowest BCUT2D eigenvalue weighted by atomic mass is 10.2. The molecule has 27 heavy (non-hydrogen) atoms. The molecule has 1 aromatic carbocycles. The van der Waals surface area contributed by atoms with Crippen LogP contribution in [0.4, 0.5) is 11.5 Å². The van der Waals surface area contributed by atoms with Crippen molar-refractivity contribution >= 4 is 17.4 Å². The number of nitriles is 1. The van der Waals surface area contributed by atoms with Gasteiger partial charge in [-0.25, -0.2) is 4.98 Å². The van der Waals surface area contributed by atoms with Gasteiger partial charge in [-0.05, 0) is 48.4 Å². The summed E-state index contributed by atoms with van der Waals surface area (Å²) in [4.78, 5) is 22.5. The third-order valence-electron chi connectivity index (χ3n) is 4.15. The number of carbonyl (C=O) groups is 1. The smallest absolute Gasteiger partial charge is 0.255 e. The Kier molecular flexibility index (Phi) is 5.75. The van der Waals surface area contributed by atoms with E-state index < -0.39 is 0 Å². The molecule has 3 aromatic rings. The fourth-order valence-corrected chi connectivity index (χ4v) is 2.59. The summed E-state index contributed by atoms with van der Waals surface area (Å²) in [7, 11) is 1.78. The number of nitrogens with one attached hydrogen (secondary N) is 1. The van der Waals surface area contributed by atoms with E-state index in [0.717, 1.165) is 12.0 Å². The van der Waals surface area contributed by atoms with Crippen LogP contribution >= 0.6 is 0 Å². The van der Waals surface area contributed by atoms with Crippen LogP contribution in [0.3, 0.4) is 0 Å². The van der Waals surface area contributed by atoms with E-state index in [0.29, 0.717) is 29.2 Å². The van der Waals surface area contributed by atoms with Crippen LogP contribution in [0.1, 0.15) is 21.5 Å². The van der Waals surface area contributed by atoms with Crippen LogP contribution in [-0.4, -0.2) is 34.4 Å². The zero-order valence-electron chi connectivity index (χ0n) is 15.0. The van der Waals surface area contributed by atoms with Crippen molar-refractivity contribution in [3.63, 3.8) is 0 Å². The molecule has 0 aliphatic rings. The zero-order chi connectivity index (χ0) is 19.1. The lowest BCUT2D eigenvalue weighted by Crippen LogP contribution is -2.28. The van der Waals surface area contributed by atoms with Gasteiger partial charge in [-0.3, -0.25) is 9.78 Å². The number of pyridine rings is 2. The van der Waals surface area contributed by atoms with Crippen LogP contribution in [0.2, 0.25) is 0 Å². The van der Waals surface area contributed by atoms with Crippen LogP contribution in [-0.2, 0) is 6.42 Å². The van der Waals surface area contributed by atoms with Gasteiger partial charge >= 0.3 is 0 Å². The summed E-state index contributed by atoms with van der Waals surface area (Å²) in [5, 5.41) is 12.2. The standard InChI is InChI=1S/C21H19N5O/c1-26(13-10-16-8-11-23-12-9-16)21(27)18-6-7-20(24-15-18)25-19-5-3-2-4-17(19)14-22/h2-9,11-12,15H,10,13H2,1H3,(H,24,25). The Bertz CT molecular complexity index is 948. The maximum absolute atomic E-state index is 12.5. The molecule has 0 saturated heterocycles. The lowest BCUT2D eigenvalue weighted by molar-refractivity contribution is 0.0796. The van der Waals surface area contributed by atoms with Crippen molar-refractivity contribution in [1.29, 1.82) is 5.26 Å². The molecule has 6 nitrogen and oxygen atoms in total. The summed E-state index contributed by atoms with van der Waals surface area (Å²) in [6, 6.07) is 16.7. The summed E-state index contributed by atoms with van der Waals surface area (Å²) in [5.74, 6) is 0.495. The Balaban J connectivity index is 1.62. The Morgan fingerprint density at radius 1 is 1.15 bits per heavy atom. The first-order chi connectivity index (χ1) is 13.2. The maximum atomic E-state index is 12.5. The van der Waals surface area contributed by atoms with E-state index >= 15 is 0 Å². The quantitative estimate of drug-likeness (QED) is 0.731. The molecule has 1 amide bonds. The van der Waals surface area contributed by atoms with E-state index in [4.69, 9.17) is 5.26 Å². The average Bonchev–Trinajstić information content (AvgIpc) is 2.73. The highest BCUT2D eigenvalue weighted by atomic mass is 16.2. The normalized spacial score (nSPS) is 10.1. The summed E-state index contributed by atoms with van der Waals surface area (Å²) in [5.41, 5.74) is 2.88. The molecule has 0 aliphatic heterocycles. The first-order valence-electron chi connectivity index (χ1n) is 8.54. The van der Waals surface area contributed by atoms with Gasteiger partial charge in [0.05, 0.1) is 16.8 Å². The molecular formula is C21H19N5O. The number of nitrogens with zero attached hydrogens (tertiary/aromatic N) is 4. The number of benzene rings is 1. The monoisotopic (exact) mass is 357 g/mol. The van der Waals surface area contributed by atoms with Crippen LogP contribution in [0, 0.1) is 11.3 Å². The molecule has 3 rings (SSSR count). The molecule has 0 spiro atoms. The van der Waals surface area contributed by atoms with Gasteiger partial charge in [-0.1, -0.05) is 12.1 Å². The molecule has 1 N–H and O–H groups in total. The summed E-state index contributed by atoms with van der Waals surface area (Å²) in [6.07, 6.45) is 5.81. The number of hydrogen-bond acceptors (Lipinski definition) is 5. The van der Waals surface area contributed by atoms with Crippen LogP contribution in [0.25, 0.3) is 0 Å². The summed E-state index contributed by atoms with van der Waals surface area (Å²) < 4.78 is 0. The number of para-hydroxylation sites is 1. The van der Waals surface area contributed by atoms with Gasteiger partial charge in [-0.2, -0.15) is 5.26 Å². The second-order valence-corrected chi connectivity index (χ2v) is 6.05. The number of anilines is 2. The van der Waals surface area contributed by atoms with Crippen molar-refractivity contribution in [3.8, 4) is 6.07 Å². The van der Waals surface area contributed by atoms with Gasteiger partial charge in [0.15, 0.2) is 0 Å². The first kappa shape index (κ1) is 18.1. The zero-order valence-corrected chi connectivity index (χ0v) is 15.0. The van der Waals surface area contributed by atoms with E-state index in [2.05, 4.69) is 21.4 Å². The number of amides is 1. The predicted octanol–water partition coefficient (Wildman–Crippen LogP) is 3.41. The second-order valence-electron chi connectivity index (χ2n) is 6.05. The second kappa shape index (κ2) is 8.59. The minimum Gasteiger partial charge on any atom is -0.341 e. The highest BCUT2D eigenvalue weighted by molar-refractivity contribution is 5.94. The molecule has 0 aliphatic carbocycles. The Morgan fingerprint density at radius 2 is 1.93 bits per heavy atom. The Hall–Kier alpha value is -3.72. The van der Waals surface area contributed by atoms with E-state index in [1.807, 2.05) is 24.3 Å². The number of carbonyl (C=O) groups excluding carboxylic acids is 1. The van der Waals surface area contributed by atoms with Gasteiger partial charge in [-0.15, -0.1) is 0 Å². The fourth-order valence-electron chi connectivity index (χ4n) is 2.59. The lowest BCUT2D eigenvalue weighted by Gasteiger charge is -2.17. The van der Waals surface area contributed by atoms with Crippen molar-refractivity contribution in [2.45, 2.75) is 6.42 Å². The summed E-state index contributed by atoms with van der Waals surface area (Å²) in [6.45, 7) is 0.610. The van der Waals surface area contributed by atoms with Crippen molar-refractivity contribution in [3.05, 3.63) is 83.8 Å².